The first-order valence-corrected chi connectivity index (χ1v) is 14.4. The van der Waals surface area contributed by atoms with Gasteiger partial charge in [0.05, 0.1) is 22.4 Å². The zero-order chi connectivity index (χ0) is 26.9. The quantitative estimate of drug-likeness (QED) is 0.250. The minimum atomic E-state index is -0.249. The summed E-state index contributed by atoms with van der Waals surface area (Å²) in [7, 11) is 0. The molecule has 39 heavy (non-hydrogen) atoms. The Morgan fingerprint density at radius 3 is 2.62 bits per heavy atom. The smallest absolute Gasteiger partial charge is 0.272 e. The summed E-state index contributed by atoms with van der Waals surface area (Å²) in [6.07, 6.45) is 7.42. The highest BCUT2D eigenvalue weighted by atomic mass is 35.5. The van der Waals surface area contributed by atoms with Crippen LogP contribution in [-0.2, 0) is 19.3 Å². The minimum Gasteiger partial charge on any atom is -0.344 e. The van der Waals surface area contributed by atoms with Crippen LogP contribution in [0.1, 0.15) is 82.5 Å². The number of nitrogens with zero attached hydrogens (tertiary/aromatic N) is 2. The maximum atomic E-state index is 13.9. The molecule has 1 unspecified atom stereocenters. The van der Waals surface area contributed by atoms with E-state index in [9.17, 15) is 9.18 Å². The van der Waals surface area contributed by atoms with Crippen LogP contribution in [0.5, 0.6) is 0 Å². The molecule has 2 atom stereocenters. The first kappa shape index (κ1) is 26.1. The molecule has 1 N–H and O–H groups in total. The lowest BCUT2D eigenvalue weighted by Gasteiger charge is -2.26. The van der Waals surface area contributed by atoms with Crippen LogP contribution in [-0.4, -0.2) is 15.7 Å². The molecule has 0 fully saturated rings. The molecule has 0 saturated heterocycles. The van der Waals surface area contributed by atoms with Crippen LogP contribution in [0.25, 0.3) is 5.69 Å². The Kier molecular flexibility index (Phi) is 7.46. The van der Waals surface area contributed by atoms with Gasteiger partial charge in [-0.1, -0.05) is 66.0 Å². The van der Waals surface area contributed by atoms with Crippen molar-refractivity contribution in [2.24, 2.45) is 0 Å². The largest absolute Gasteiger partial charge is 0.344 e. The highest BCUT2D eigenvalue weighted by Crippen LogP contribution is 2.38. The third kappa shape index (κ3) is 5.35. The van der Waals surface area contributed by atoms with E-state index in [0.717, 1.165) is 68.2 Å². The standard InChI is InChI=1S/C32H30Cl2FN3O/c33-23-14-17-29(27(34)19-23)38-31-22(18-20-12-15-24(35)16-13-20)7-2-4-10-26(31)30(37-38)32(39)36-28-11-5-8-21-6-1-3-9-25(21)28/h1,3,6,9,12-17,19,22,28H,2,4-5,7-8,10-11,18H2,(H,36,39)/t22?,28-/m1/s1. The molecule has 6 rings (SSSR count). The van der Waals surface area contributed by atoms with Crippen LogP contribution in [0.4, 0.5) is 4.39 Å². The molecule has 2 aliphatic carbocycles. The van der Waals surface area contributed by atoms with Crippen LogP contribution in [0.2, 0.25) is 10.0 Å². The van der Waals surface area contributed by atoms with Gasteiger partial charge in [-0.05, 0) is 92.0 Å². The van der Waals surface area contributed by atoms with E-state index in [4.69, 9.17) is 28.3 Å². The van der Waals surface area contributed by atoms with Gasteiger partial charge in [0.25, 0.3) is 5.91 Å². The van der Waals surface area contributed by atoms with Crippen LogP contribution in [0.3, 0.4) is 0 Å². The Hall–Kier alpha value is -3.15. The summed E-state index contributed by atoms with van der Waals surface area (Å²) < 4.78 is 15.5. The fourth-order valence-corrected chi connectivity index (χ4v) is 6.70. The number of aromatic nitrogens is 2. The van der Waals surface area contributed by atoms with Gasteiger partial charge in [0.15, 0.2) is 5.69 Å². The van der Waals surface area contributed by atoms with Crippen LogP contribution < -0.4 is 5.32 Å². The Bertz CT molecular complexity index is 1510. The summed E-state index contributed by atoms with van der Waals surface area (Å²) in [4.78, 5) is 13.9. The molecule has 4 aromatic rings. The molecule has 0 radical (unpaired) electrons. The molecule has 1 aromatic heterocycles. The average Bonchev–Trinajstić information content (AvgIpc) is 3.18. The average molecular weight is 563 g/mol. The third-order valence-corrected chi connectivity index (χ3v) is 8.60. The second-order valence-electron chi connectivity index (χ2n) is 10.6. The van der Waals surface area contributed by atoms with E-state index in [1.54, 1.807) is 12.1 Å². The molecule has 0 aliphatic heterocycles. The second-order valence-corrected chi connectivity index (χ2v) is 11.5. The van der Waals surface area contributed by atoms with E-state index < -0.39 is 0 Å². The van der Waals surface area contributed by atoms with Gasteiger partial charge in [-0.2, -0.15) is 5.10 Å². The molecular formula is C32H30Cl2FN3O. The van der Waals surface area contributed by atoms with Crippen molar-refractivity contribution in [3.05, 3.63) is 116 Å². The maximum absolute atomic E-state index is 13.9. The first-order chi connectivity index (χ1) is 19.0. The first-order valence-electron chi connectivity index (χ1n) is 13.7. The summed E-state index contributed by atoms with van der Waals surface area (Å²) in [6.45, 7) is 0. The monoisotopic (exact) mass is 561 g/mol. The number of benzene rings is 3. The number of amides is 1. The molecule has 7 heteroatoms. The number of carbonyl (C=O) groups is 1. The number of hydrogen-bond donors (Lipinski definition) is 1. The molecular weight excluding hydrogens is 532 g/mol. The minimum absolute atomic E-state index is 0.0387. The van der Waals surface area contributed by atoms with Crippen LogP contribution in [0, 0.1) is 5.82 Å². The predicted octanol–water partition coefficient (Wildman–Crippen LogP) is 8.18. The highest BCUT2D eigenvalue weighted by molar-refractivity contribution is 6.35. The van der Waals surface area contributed by atoms with Crippen molar-refractivity contribution in [2.75, 3.05) is 0 Å². The lowest BCUT2D eigenvalue weighted by molar-refractivity contribution is 0.0926. The van der Waals surface area contributed by atoms with Crippen molar-refractivity contribution in [3.63, 3.8) is 0 Å². The number of fused-ring (bicyclic) bond motifs is 2. The molecule has 2 aliphatic rings. The molecule has 4 nitrogen and oxygen atoms in total. The SMILES string of the molecule is O=C(N[C@@H]1CCCc2ccccc21)c1nn(-c2ccc(Cl)cc2Cl)c2c1CCCCC2Cc1ccc(F)cc1. The Morgan fingerprint density at radius 1 is 0.974 bits per heavy atom. The van der Waals surface area contributed by atoms with Gasteiger partial charge in [-0.15, -0.1) is 0 Å². The highest BCUT2D eigenvalue weighted by Gasteiger charge is 2.32. The molecule has 200 valence electrons. The van der Waals surface area contributed by atoms with E-state index in [0.29, 0.717) is 21.4 Å². The molecule has 0 bridgehead atoms. The molecule has 0 spiro atoms. The Balaban J connectivity index is 1.42. The number of hydrogen-bond acceptors (Lipinski definition) is 2. The third-order valence-electron chi connectivity index (χ3n) is 8.06. The number of carbonyl (C=O) groups excluding carboxylic acids is 1. The van der Waals surface area contributed by atoms with Gasteiger partial charge in [0, 0.05) is 16.5 Å². The molecule has 0 saturated carbocycles. The summed E-state index contributed by atoms with van der Waals surface area (Å²) in [5.74, 6) is -0.301. The number of nitrogens with one attached hydrogen (secondary N) is 1. The van der Waals surface area contributed by atoms with Gasteiger partial charge in [-0.25, -0.2) is 9.07 Å². The molecule has 1 heterocycles. The normalized spacial score (nSPS) is 18.6. The van der Waals surface area contributed by atoms with Gasteiger partial charge in [0.2, 0.25) is 0 Å². The van der Waals surface area contributed by atoms with Crippen LogP contribution in [0.15, 0.2) is 66.7 Å². The van der Waals surface area contributed by atoms with Gasteiger partial charge < -0.3 is 5.32 Å². The zero-order valence-corrected chi connectivity index (χ0v) is 23.1. The lowest BCUT2D eigenvalue weighted by Crippen LogP contribution is -2.31. The van der Waals surface area contributed by atoms with Gasteiger partial charge >= 0.3 is 0 Å². The number of aryl methyl sites for hydroxylation is 1. The molecule has 3 aromatic carbocycles. The van der Waals surface area contributed by atoms with E-state index in [2.05, 4.69) is 23.5 Å². The van der Waals surface area contributed by atoms with E-state index in [-0.39, 0.29) is 23.7 Å². The van der Waals surface area contributed by atoms with E-state index in [1.807, 2.05) is 28.9 Å². The fourth-order valence-electron chi connectivity index (χ4n) is 6.21. The fraction of sp³-hybridized carbons (Fsp3) is 0.312. The predicted molar refractivity (Wildman–Crippen MR) is 154 cm³/mol. The van der Waals surface area contributed by atoms with Crippen molar-refractivity contribution in [1.29, 1.82) is 0 Å². The summed E-state index contributed by atoms with van der Waals surface area (Å²) in [5.41, 5.74) is 6.69. The summed E-state index contributed by atoms with van der Waals surface area (Å²) >= 11 is 12.9. The van der Waals surface area contributed by atoms with Crippen molar-refractivity contribution < 1.29 is 9.18 Å². The zero-order valence-electron chi connectivity index (χ0n) is 21.6. The van der Waals surface area contributed by atoms with E-state index >= 15 is 0 Å². The van der Waals surface area contributed by atoms with Crippen molar-refractivity contribution >= 4 is 29.1 Å². The second kappa shape index (κ2) is 11.1. The van der Waals surface area contributed by atoms with Gasteiger partial charge in [-0.3, -0.25) is 4.79 Å². The summed E-state index contributed by atoms with van der Waals surface area (Å²) in [5, 5.41) is 9.27. The van der Waals surface area contributed by atoms with Crippen molar-refractivity contribution in [1.82, 2.24) is 15.1 Å². The Labute approximate surface area is 238 Å². The van der Waals surface area contributed by atoms with E-state index in [1.165, 1.54) is 23.3 Å². The summed E-state index contributed by atoms with van der Waals surface area (Å²) in [6, 6.07) is 20.4. The van der Waals surface area contributed by atoms with Crippen LogP contribution >= 0.6 is 23.2 Å². The lowest BCUT2D eigenvalue weighted by atomic mass is 9.87. The van der Waals surface area contributed by atoms with Crippen molar-refractivity contribution in [3.8, 4) is 5.69 Å². The number of rotatable bonds is 5. The van der Waals surface area contributed by atoms with Crippen molar-refractivity contribution in [2.45, 2.75) is 63.3 Å². The topological polar surface area (TPSA) is 46.9 Å². The number of halogens is 3. The molecule has 1 amide bonds. The Morgan fingerprint density at radius 2 is 1.79 bits per heavy atom. The van der Waals surface area contributed by atoms with Gasteiger partial charge in [0.1, 0.15) is 5.82 Å². The maximum Gasteiger partial charge on any atom is 0.272 e.